The molecule has 1 rings (SSSR count). The van der Waals surface area contributed by atoms with Crippen molar-refractivity contribution in [2.24, 2.45) is 0 Å². The molecule has 0 amide bonds. The van der Waals surface area contributed by atoms with Crippen LogP contribution in [0.5, 0.6) is 5.75 Å². The predicted molar refractivity (Wildman–Crippen MR) is 190 cm³/mol. The van der Waals surface area contributed by atoms with Crippen LogP contribution in [0.2, 0.25) is 0 Å². The van der Waals surface area contributed by atoms with Crippen LogP contribution in [0.15, 0.2) is 24.3 Å². The van der Waals surface area contributed by atoms with Gasteiger partial charge in [0.15, 0.2) is 0 Å². The van der Waals surface area contributed by atoms with Gasteiger partial charge in [-0.1, -0.05) is 71.1 Å². The van der Waals surface area contributed by atoms with Gasteiger partial charge in [-0.15, -0.1) is 0 Å². The first-order chi connectivity index (χ1) is 23.8. The molecule has 1 aromatic rings. The lowest BCUT2D eigenvalue weighted by atomic mass is 10.1. The summed E-state index contributed by atoms with van der Waals surface area (Å²) in [5.74, 6) is 0.777. The number of benzene rings is 1. The fraction of sp³-hybridized carbons (Fsp3) is 0.838. The van der Waals surface area contributed by atoms with E-state index in [9.17, 15) is 0 Å². The Morgan fingerprint density at radius 2 is 0.604 bits per heavy atom. The third-order valence-corrected chi connectivity index (χ3v) is 7.24. The van der Waals surface area contributed by atoms with E-state index in [0.717, 1.165) is 18.8 Å². The van der Waals surface area contributed by atoms with Crippen LogP contribution >= 0.6 is 0 Å². The molecule has 0 unspecified atom stereocenters. The Hall–Kier alpha value is -1.54. The van der Waals surface area contributed by atoms with E-state index in [1.165, 1.54) is 64.2 Å². The van der Waals surface area contributed by atoms with E-state index in [1.54, 1.807) is 12.1 Å². The lowest BCUT2D eigenvalue weighted by molar-refractivity contribution is -0.0254. The molecule has 0 fully saturated rings. The fourth-order valence-corrected chi connectivity index (χ4v) is 4.51. The first-order valence-electron chi connectivity index (χ1n) is 18.5. The lowest BCUT2D eigenvalue weighted by Crippen LogP contribution is -2.15. The Kier molecular flexibility index (Phi) is 35.5. The van der Waals surface area contributed by atoms with Gasteiger partial charge in [-0.05, 0) is 30.7 Å². The van der Waals surface area contributed by atoms with Gasteiger partial charge < -0.3 is 53.1 Å². The molecule has 1 aromatic carbocycles. The number of rotatable bonds is 40. The SMILES string of the molecule is CCCCCCCCCCCCCOCCOCCOCCOCCOCCOCCOCCOCCOCCOc1ccc(N)cc1. The molecule has 0 aromatic heterocycles. The third kappa shape index (κ3) is 34.3. The topological polar surface area (TPSA) is 118 Å². The third-order valence-electron chi connectivity index (χ3n) is 7.24. The first-order valence-corrected chi connectivity index (χ1v) is 18.5. The molecule has 0 aliphatic carbocycles. The zero-order chi connectivity index (χ0) is 34.3. The number of hydrogen-bond donors (Lipinski definition) is 1. The predicted octanol–water partition coefficient (Wildman–Crippen LogP) is 6.11. The molecule has 282 valence electrons. The molecule has 0 aliphatic rings. The van der Waals surface area contributed by atoms with Gasteiger partial charge in [0.25, 0.3) is 0 Å². The summed E-state index contributed by atoms with van der Waals surface area (Å²) in [4.78, 5) is 0. The second-order valence-corrected chi connectivity index (χ2v) is 11.5. The highest BCUT2D eigenvalue weighted by molar-refractivity contribution is 5.41. The molecule has 0 bridgehead atoms. The molecule has 0 aliphatic heterocycles. The zero-order valence-electron chi connectivity index (χ0n) is 30.2. The van der Waals surface area contributed by atoms with Crippen molar-refractivity contribution in [1.82, 2.24) is 0 Å². The second-order valence-electron chi connectivity index (χ2n) is 11.5. The van der Waals surface area contributed by atoms with E-state index in [2.05, 4.69) is 6.92 Å². The van der Waals surface area contributed by atoms with Crippen molar-refractivity contribution in [2.45, 2.75) is 77.6 Å². The lowest BCUT2D eigenvalue weighted by Gasteiger charge is -2.09. The summed E-state index contributed by atoms with van der Waals surface area (Å²) in [6.45, 7) is 12.8. The Balaban J connectivity index is 1.61. The summed E-state index contributed by atoms with van der Waals surface area (Å²) in [5.41, 5.74) is 6.36. The molecule has 0 saturated carbocycles. The van der Waals surface area contributed by atoms with Crippen molar-refractivity contribution in [3.8, 4) is 5.75 Å². The Bertz CT molecular complexity index is 743. The van der Waals surface area contributed by atoms with Gasteiger partial charge in [0, 0.05) is 12.3 Å². The maximum Gasteiger partial charge on any atom is 0.119 e. The van der Waals surface area contributed by atoms with E-state index >= 15 is 0 Å². The smallest absolute Gasteiger partial charge is 0.119 e. The number of anilines is 1. The average Bonchev–Trinajstić information content (AvgIpc) is 3.10. The quantitative estimate of drug-likeness (QED) is 0.0636. The van der Waals surface area contributed by atoms with E-state index < -0.39 is 0 Å². The normalized spacial score (nSPS) is 11.4. The van der Waals surface area contributed by atoms with E-state index in [4.69, 9.17) is 53.1 Å². The molecule has 2 N–H and O–H groups in total. The van der Waals surface area contributed by atoms with Crippen molar-refractivity contribution >= 4 is 5.69 Å². The van der Waals surface area contributed by atoms with Crippen molar-refractivity contribution < 1.29 is 47.4 Å². The maximum atomic E-state index is 5.66. The van der Waals surface area contributed by atoms with Crippen LogP contribution in [0.25, 0.3) is 0 Å². The summed E-state index contributed by atoms with van der Waals surface area (Å²) in [6, 6.07) is 7.28. The van der Waals surface area contributed by atoms with Crippen molar-refractivity contribution in [2.75, 3.05) is 131 Å². The molecule has 0 saturated heterocycles. The minimum Gasteiger partial charge on any atom is -0.491 e. The van der Waals surface area contributed by atoms with Gasteiger partial charge in [0.05, 0.1) is 112 Å². The molecular formula is C37H69NO10. The second kappa shape index (κ2) is 38.3. The van der Waals surface area contributed by atoms with Crippen LogP contribution in [0.1, 0.15) is 77.6 Å². The monoisotopic (exact) mass is 687 g/mol. The molecular weight excluding hydrogens is 618 g/mol. The van der Waals surface area contributed by atoms with E-state index in [0.29, 0.717) is 125 Å². The number of ether oxygens (including phenoxy) is 10. The van der Waals surface area contributed by atoms with E-state index in [-0.39, 0.29) is 0 Å². The minimum absolute atomic E-state index is 0.481. The highest BCUT2D eigenvalue weighted by Crippen LogP contribution is 2.13. The van der Waals surface area contributed by atoms with Crippen molar-refractivity contribution in [3.63, 3.8) is 0 Å². The van der Waals surface area contributed by atoms with Crippen molar-refractivity contribution in [1.29, 1.82) is 0 Å². The van der Waals surface area contributed by atoms with Crippen LogP contribution in [-0.2, 0) is 42.6 Å². The fourth-order valence-electron chi connectivity index (χ4n) is 4.51. The van der Waals surface area contributed by atoms with Gasteiger partial charge in [-0.3, -0.25) is 0 Å². The number of nitrogens with two attached hydrogens (primary N) is 1. The van der Waals surface area contributed by atoms with Gasteiger partial charge in [0.2, 0.25) is 0 Å². The average molecular weight is 688 g/mol. The molecule has 0 spiro atoms. The minimum atomic E-state index is 0.481. The van der Waals surface area contributed by atoms with Crippen LogP contribution < -0.4 is 10.5 Å². The number of unbranched alkanes of at least 4 members (excludes halogenated alkanes) is 10. The summed E-state index contributed by atoms with van der Waals surface area (Å²) in [6.07, 6.45) is 14.9. The van der Waals surface area contributed by atoms with E-state index in [1.807, 2.05) is 12.1 Å². The number of hydrogen-bond acceptors (Lipinski definition) is 11. The summed E-state index contributed by atoms with van der Waals surface area (Å²) >= 11 is 0. The van der Waals surface area contributed by atoms with Gasteiger partial charge >= 0.3 is 0 Å². The van der Waals surface area contributed by atoms with Crippen molar-refractivity contribution in [3.05, 3.63) is 24.3 Å². The molecule has 0 radical (unpaired) electrons. The summed E-state index contributed by atoms with van der Waals surface area (Å²) in [7, 11) is 0. The Morgan fingerprint density at radius 1 is 0.333 bits per heavy atom. The molecule has 48 heavy (non-hydrogen) atoms. The standard InChI is InChI=1S/C37H69NO10/c1-2-3-4-5-6-7-8-9-10-11-12-17-39-18-19-40-20-21-41-22-23-42-24-25-43-26-27-44-28-29-45-30-31-46-32-33-47-34-35-48-37-15-13-36(38)14-16-37/h13-16H,2-12,17-35,38H2,1H3. The van der Waals surface area contributed by atoms with Gasteiger partial charge in [-0.25, -0.2) is 0 Å². The zero-order valence-corrected chi connectivity index (χ0v) is 30.2. The van der Waals surface area contributed by atoms with Crippen LogP contribution in [0, 0.1) is 0 Å². The Labute approximate surface area is 291 Å². The molecule has 0 atom stereocenters. The molecule has 0 heterocycles. The highest BCUT2D eigenvalue weighted by Gasteiger charge is 1.98. The van der Waals surface area contributed by atoms with Crippen LogP contribution in [0.4, 0.5) is 5.69 Å². The first kappa shape index (κ1) is 44.5. The number of nitrogen functional groups attached to an aromatic ring is 1. The van der Waals surface area contributed by atoms with Gasteiger partial charge in [-0.2, -0.15) is 0 Å². The largest absolute Gasteiger partial charge is 0.491 e. The maximum absolute atomic E-state index is 5.66. The van der Waals surface area contributed by atoms with Crippen LogP contribution in [-0.4, -0.2) is 126 Å². The van der Waals surface area contributed by atoms with Crippen LogP contribution in [0.3, 0.4) is 0 Å². The highest BCUT2D eigenvalue weighted by atomic mass is 16.6. The van der Waals surface area contributed by atoms with Gasteiger partial charge in [0.1, 0.15) is 12.4 Å². The summed E-state index contributed by atoms with van der Waals surface area (Å²) < 4.78 is 55.3. The molecule has 11 heteroatoms. The Morgan fingerprint density at radius 3 is 0.938 bits per heavy atom. The molecule has 11 nitrogen and oxygen atoms in total. The summed E-state index contributed by atoms with van der Waals surface area (Å²) in [5, 5.41) is 0.